The predicted molar refractivity (Wildman–Crippen MR) is 63.3 cm³/mol. The third-order valence-corrected chi connectivity index (χ3v) is 2.62. The SMILES string of the molecule is OCCN(CCC(O)c1ccc(F)cn1)CC(F)F. The highest BCUT2D eigenvalue weighted by Crippen LogP contribution is 2.15. The molecule has 4 nitrogen and oxygen atoms in total. The number of pyridine rings is 1. The lowest BCUT2D eigenvalue weighted by molar-refractivity contribution is 0.0654. The Labute approximate surface area is 109 Å². The van der Waals surface area contributed by atoms with E-state index in [9.17, 15) is 18.3 Å². The van der Waals surface area contributed by atoms with Crippen LogP contribution in [0.1, 0.15) is 18.2 Å². The first kappa shape index (κ1) is 15.9. The van der Waals surface area contributed by atoms with Gasteiger partial charge < -0.3 is 10.2 Å². The van der Waals surface area contributed by atoms with E-state index in [4.69, 9.17) is 5.11 Å². The maximum absolute atomic E-state index is 12.6. The number of nitrogens with zero attached hydrogens (tertiary/aromatic N) is 2. The summed E-state index contributed by atoms with van der Waals surface area (Å²) in [6.07, 6.45) is -2.26. The Hall–Kier alpha value is -1.18. The van der Waals surface area contributed by atoms with Gasteiger partial charge >= 0.3 is 0 Å². The van der Waals surface area contributed by atoms with Crippen LogP contribution in [0.3, 0.4) is 0 Å². The summed E-state index contributed by atoms with van der Waals surface area (Å²) >= 11 is 0. The van der Waals surface area contributed by atoms with Gasteiger partial charge in [-0.25, -0.2) is 13.2 Å². The van der Waals surface area contributed by atoms with E-state index in [1.54, 1.807) is 0 Å². The zero-order chi connectivity index (χ0) is 14.3. The van der Waals surface area contributed by atoms with Crippen LogP contribution in [0.2, 0.25) is 0 Å². The van der Waals surface area contributed by atoms with Gasteiger partial charge in [-0.1, -0.05) is 0 Å². The van der Waals surface area contributed by atoms with Crippen LogP contribution in [0.5, 0.6) is 0 Å². The topological polar surface area (TPSA) is 56.6 Å². The van der Waals surface area contributed by atoms with Gasteiger partial charge in [0.25, 0.3) is 6.43 Å². The lowest BCUT2D eigenvalue weighted by atomic mass is 10.1. The number of aromatic nitrogens is 1. The van der Waals surface area contributed by atoms with Gasteiger partial charge in [0.1, 0.15) is 5.82 Å². The van der Waals surface area contributed by atoms with Crippen molar-refractivity contribution < 1.29 is 23.4 Å². The molecule has 0 aromatic carbocycles. The van der Waals surface area contributed by atoms with Crippen molar-refractivity contribution in [1.82, 2.24) is 9.88 Å². The van der Waals surface area contributed by atoms with Gasteiger partial charge in [-0.05, 0) is 18.6 Å². The van der Waals surface area contributed by atoms with Crippen LogP contribution in [0.4, 0.5) is 13.2 Å². The molecule has 1 unspecified atom stereocenters. The minimum absolute atomic E-state index is 0.119. The molecule has 0 radical (unpaired) electrons. The molecule has 0 saturated carbocycles. The van der Waals surface area contributed by atoms with Gasteiger partial charge in [0.2, 0.25) is 0 Å². The fourth-order valence-electron chi connectivity index (χ4n) is 1.67. The van der Waals surface area contributed by atoms with Crippen LogP contribution in [0.25, 0.3) is 0 Å². The Balaban J connectivity index is 2.46. The van der Waals surface area contributed by atoms with Crippen molar-refractivity contribution in [3.8, 4) is 0 Å². The van der Waals surface area contributed by atoms with Gasteiger partial charge in [0.15, 0.2) is 0 Å². The number of aliphatic hydroxyl groups excluding tert-OH is 2. The summed E-state index contributed by atoms with van der Waals surface area (Å²) in [5, 5.41) is 18.6. The summed E-state index contributed by atoms with van der Waals surface area (Å²) in [5.41, 5.74) is 0.294. The molecule has 1 aromatic heterocycles. The number of rotatable bonds is 8. The van der Waals surface area contributed by atoms with Gasteiger partial charge in [-0.3, -0.25) is 9.88 Å². The molecule has 1 atom stereocenters. The van der Waals surface area contributed by atoms with Crippen LogP contribution in [-0.2, 0) is 0 Å². The van der Waals surface area contributed by atoms with E-state index in [1.807, 2.05) is 0 Å². The molecule has 1 heterocycles. The molecule has 19 heavy (non-hydrogen) atoms. The van der Waals surface area contributed by atoms with Crippen molar-refractivity contribution in [2.45, 2.75) is 19.0 Å². The molecule has 1 rings (SSSR count). The van der Waals surface area contributed by atoms with Crippen LogP contribution in [-0.4, -0.2) is 52.8 Å². The standard InChI is InChI=1S/C12H17F3N2O2/c13-9-1-2-10(16-7-9)11(19)3-4-17(5-6-18)8-12(14)15/h1-2,7,11-12,18-19H,3-6,8H2. The second kappa shape index (κ2) is 8.08. The molecule has 0 saturated heterocycles. The van der Waals surface area contributed by atoms with E-state index in [0.29, 0.717) is 5.69 Å². The zero-order valence-electron chi connectivity index (χ0n) is 10.3. The van der Waals surface area contributed by atoms with Gasteiger partial charge in [0, 0.05) is 13.1 Å². The number of aliphatic hydroxyl groups is 2. The summed E-state index contributed by atoms with van der Waals surface area (Å²) in [7, 11) is 0. The van der Waals surface area contributed by atoms with E-state index < -0.39 is 24.9 Å². The molecule has 7 heteroatoms. The second-order valence-electron chi connectivity index (χ2n) is 4.12. The molecule has 1 aromatic rings. The normalized spacial score (nSPS) is 13.2. The fraction of sp³-hybridized carbons (Fsp3) is 0.583. The van der Waals surface area contributed by atoms with Gasteiger partial charge in [0.05, 0.1) is 31.1 Å². The fourth-order valence-corrected chi connectivity index (χ4v) is 1.67. The predicted octanol–water partition coefficient (Wildman–Crippen LogP) is 1.20. The van der Waals surface area contributed by atoms with E-state index in [0.717, 1.165) is 6.20 Å². The maximum Gasteiger partial charge on any atom is 0.251 e. The summed E-state index contributed by atoms with van der Waals surface area (Å²) in [6, 6.07) is 2.53. The monoisotopic (exact) mass is 278 g/mol. The van der Waals surface area contributed by atoms with Crippen LogP contribution in [0, 0.1) is 5.82 Å². The number of alkyl halides is 2. The molecule has 2 N–H and O–H groups in total. The van der Waals surface area contributed by atoms with Crippen molar-refractivity contribution >= 4 is 0 Å². The van der Waals surface area contributed by atoms with Crippen molar-refractivity contribution in [3.05, 3.63) is 29.8 Å². The maximum atomic E-state index is 12.6. The highest BCUT2D eigenvalue weighted by Gasteiger charge is 2.15. The Morgan fingerprint density at radius 2 is 2.00 bits per heavy atom. The first-order valence-electron chi connectivity index (χ1n) is 5.93. The second-order valence-corrected chi connectivity index (χ2v) is 4.12. The molecule has 0 fully saturated rings. The Kier molecular flexibility index (Phi) is 6.75. The Morgan fingerprint density at radius 3 is 2.53 bits per heavy atom. The van der Waals surface area contributed by atoms with E-state index >= 15 is 0 Å². The van der Waals surface area contributed by atoms with Crippen LogP contribution < -0.4 is 0 Å². The van der Waals surface area contributed by atoms with Crippen LogP contribution in [0.15, 0.2) is 18.3 Å². The first-order valence-corrected chi connectivity index (χ1v) is 5.93. The minimum Gasteiger partial charge on any atom is -0.395 e. The highest BCUT2D eigenvalue weighted by molar-refractivity contribution is 5.07. The van der Waals surface area contributed by atoms with E-state index in [-0.39, 0.29) is 26.1 Å². The van der Waals surface area contributed by atoms with E-state index in [2.05, 4.69) is 4.98 Å². The summed E-state index contributed by atoms with van der Waals surface area (Å²) < 4.78 is 37.2. The molecule has 0 aliphatic heterocycles. The molecule has 0 spiro atoms. The Bertz CT molecular complexity index is 362. The highest BCUT2D eigenvalue weighted by atomic mass is 19.3. The third-order valence-electron chi connectivity index (χ3n) is 2.62. The molecule has 0 aliphatic rings. The molecular formula is C12H17F3N2O2. The minimum atomic E-state index is -2.49. The van der Waals surface area contributed by atoms with Crippen molar-refractivity contribution in [2.75, 3.05) is 26.2 Å². The molecule has 0 aliphatic carbocycles. The molecule has 0 bridgehead atoms. The zero-order valence-corrected chi connectivity index (χ0v) is 10.3. The molecule has 0 amide bonds. The molecular weight excluding hydrogens is 261 g/mol. The summed E-state index contributed by atoms with van der Waals surface area (Å²) in [6.45, 7) is -0.360. The summed E-state index contributed by atoms with van der Waals surface area (Å²) in [5.74, 6) is -0.504. The number of hydrogen-bond acceptors (Lipinski definition) is 4. The smallest absolute Gasteiger partial charge is 0.251 e. The van der Waals surface area contributed by atoms with Crippen LogP contribution >= 0.6 is 0 Å². The first-order chi connectivity index (χ1) is 9.02. The summed E-state index contributed by atoms with van der Waals surface area (Å²) in [4.78, 5) is 5.08. The van der Waals surface area contributed by atoms with Crippen molar-refractivity contribution in [1.29, 1.82) is 0 Å². The number of halogens is 3. The quantitative estimate of drug-likeness (QED) is 0.750. The van der Waals surface area contributed by atoms with Crippen molar-refractivity contribution in [2.24, 2.45) is 0 Å². The van der Waals surface area contributed by atoms with Gasteiger partial charge in [-0.2, -0.15) is 0 Å². The average Bonchev–Trinajstić information content (AvgIpc) is 2.36. The third kappa shape index (κ3) is 6.00. The Morgan fingerprint density at radius 1 is 1.26 bits per heavy atom. The average molecular weight is 278 g/mol. The number of hydrogen-bond donors (Lipinski definition) is 2. The molecule has 108 valence electrons. The van der Waals surface area contributed by atoms with Gasteiger partial charge in [-0.15, -0.1) is 0 Å². The largest absolute Gasteiger partial charge is 0.395 e. The van der Waals surface area contributed by atoms with Crippen molar-refractivity contribution in [3.63, 3.8) is 0 Å². The lowest BCUT2D eigenvalue weighted by Crippen LogP contribution is -2.33. The lowest BCUT2D eigenvalue weighted by Gasteiger charge is -2.22. The van der Waals surface area contributed by atoms with E-state index in [1.165, 1.54) is 17.0 Å².